The van der Waals surface area contributed by atoms with Gasteiger partial charge in [-0.3, -0.25) is 19.8 Å². The molecule has 7 nitrogen and oxygen atoms in total. The summed E-state index contributed by atoms with van der Waals surface area (Å²) in [7, 11) is 1.58. The van der Waals surface area contributed by atoms with Crippen LogP contribution in [-0.2, 0) is 16.1 Å². The van der Waals surface area contributed by atoms with E-state index in [0.717, 1.165) is 5.56 Å². The Morgan fingerprint density at radius 3 is 2.86 bits per heavy atom. The van der Waals surface area contributed by atoms with Gasteiger partial charge in [0.25, 0.3) is 5.69 Å². The Morgan fingerprint density at radius 2 is 2.24 bits per heavy atom. The van der Waals surface area contributed by atoms with Crippen LogP contribution in [-0.4, -0.2) is 49.1 Å². The molecule has 0 aliphatic rings. The summed E-state index contributed by atoms with van der Waals surface area (Å²) in [5.41, 5.74) is 0.879. The largest absolute Gasteiger partial charge is 0.383 e. The van der Waals surface area contributed by atoms with Crippen molar-refractivity contribution < 1.29 is 14.5 Å². The van der Waals surface area contributed by atoms with Gasteiger partial charge in [-0.1, -0.05) is 19.1 Å². The lowest BCUT2D eigenvalue weighted by atomic mass is 10.2. The van der Waals surface area contributed by atoms with Crippen LogP contribution in [0.25, 0.3) is 0 Å². The van der Waals surface area contributed by atoms with Crippen molar-refractivity contribution in [3.63, 3.8) is 0 Å². The number of ether oxygens (including phenoxy) is 1. The zero-order valence-electron chi connectivity index (χ0n) is 12.4. The van der Waals surface area contributed by atoms with Gasteiger partial charge in [-0.15, -0.1) is 0 Å². The molecule has 1 aromatic rings. The molecule has 0 saturated carbocycles. The number of hydrogen-bond donors (Lipinski definition) is 1. The number of rotatable bonds is 9. The first-order valence-corrected chi connectivity index (χ1v) is 6.78. The van der Waals surface area contributed by atoms with Gasteiger partial charge >= 0.3 is 0 Å². The second-order valence-corrected chi connectivity index (χ2v) is 4.57. The summed E-state index contributed by atoms with van der Waals surface area (Å²) in [5, 5.41) is 13.5. The Labute approximate surface area is 124 Å². The van der Waals surface area contributed by atoms with E-state index in [1.165, 1.54) is 12.1 Å². The number of carbonyl (C=O) groups excluding carboxylic acids is 1. The molecular weight excluding hydrogens is 274 g/mol. The average molecular weight is 295 g/mol. The number of hydrogen-bond acceptors (Lipinski definition) is 5. The summed E-state index contributed by atoms with van der Waals surface area (Å²) in [6.07, 6.45) is 0. The number of amides is 1. The molecule has 1 amide bonds. The maximum absolute atomic E-state index is 11.7. The molecule has 0 radical (unpaired) electrons. The van der Waals surface area contributed by atoms with Crippen molar-refractivity contribution in [1.82, 2.24) is 10.2 Å². The summed E-state index contributed by atoms with van der Waals surface area (Å²) in [6.45, 7) is 4.32. The first-order valence-electron chi connectivity index (χ1n) is 6.78. The molecule has 1 aromatic carbocycles. The minimum Gasteiger partial charge on any atom is -0.383 e. The lowest BCUT2D eigenvalue weighted by Gasteiger charge is -2.19. The van der Waals surface area contributed by atoms with Crippen molar-refractivity contribution in [2.75, 3.05) is 33.4 Å². The topological polar surface area (TPSA) is 84.7 Å². The molecule has 0 saturated heterocycles. The quantitative estimate of drug-likeness (QED) is 0.420. The highest BCUT2D eigenvalue weighted by Gasteiger charge is 2.11. The smallest absolute Gasteiger partial charge is 0.269 e. The van der Waals surface area contributed by atoms with Crippen molar-refractivity contribution in [1.29, 1.82) is 0 Å². The van der Waals surface area contributed by atoms with Crippen molar-refractivity contribution >= 4 is 11.6 Å². The molecule has 0 aliphatic heterocycles. The predicted molar refractivity (Wildman–Crippen MR) is 78.9 cm³/mol. The second kappa shape index (κ2) is 9.04. The van der Waals surface area contributed by atoms with Gasteiger partial charge in [-0.2, -0.15) is 0 Å². The molecule has 0 atom stereocenters. The van der Waals surface area contributed by atoms with E-state index in [0.29, 0.717) is 26.2 Å². The van der Waals surface area contributed by atoms with Gasteiger partial charge < -0.3 is 10.1 Å². The van der Waals surface area contributed by atoms with E-state index >= 15 is 0 Å². The normalized spacial score (nSPS) is 10.6. The number of non-ortho nitro benzene ring substituents is 1. The monoisotopic (exact) mass is 295 g/mol. The van der Waals surface area contributed by atoms with E-state index in [4.69, 9.17) is 4.74 Å². The zero-order valence-corrected chi connectivity index (χ0v) is 12.4. The van der Waals surface area contributed by atoms with Crippen LogP contribution in [0.2, 0.25) is 0 Å². The van der Waals surface area contributed by atoms with Crippen LogP contribution in [0.4, 0.5) is 5.69 Å². The van der Waals surface area contributed by atoms with Gasteiger partial charge in [0.1, 0.15) is 0 Å². The minimum atomic E-state index is -0.419. The van der Waals surface area contributed by atoms with Crippen molar-refractivity contribution in [3.8, 4) is 0 Å². The highest BCUT2D eigenvalue weighted by Crippen LogP contribution is 2.14. The summed E-state index contributed by atoms with van der Waals surface area (Å²) in [4.78, 5) is 24.0. The lowest BCUT2D eigenvalue weighted by molar-refractivity contribution is -0.384. The van der Waals surface area contributed by atoms with Gasteiger partial charge in [0.15, 0.2) is 0 Å². The fourth-order valence-corrected chi connectivity index (χ4v) is 1.86. The first-order chi connectivity index (χ1) is 10.1. The molecule has 1 rings (SSSR count). The number of benzene rings is 1. The molecule has 0 bridgehead atoms. The maximum atomic E-state index is 11.7. The third kappa shape index (κ3) is 6.33. The van der Waals surface area contributed by atoms with E-state index < -0.39 is 4.92 Å². The molecule has 1 N–H and O–H groups in total. The molecule has 0 aliphatic carbocycles. The molecule has 0 aromatic heterocycles. The van der Waals surface area contributed by atoms with Crippen molar-refractivity contribution in [2.45, 2.75) is 13.5 Å². The van der Waals surface area contributed by atoms with E-state index in [2.05, 4.69) is 5.32 Å². The standard InChI is InChI=1S/C14H21N3O4/c1-3-16(11-14(18)15-7-8-21-2)10-12-5-4-6-13(9-12)17(19)20/h4-6,9H,3,7-8,10-11H2,1-2H3,(H,15,18). The van der Waals surface area contributed by atoms with Crippen LogP contribution in [0.15, 0.2) is 24.3 Å². The SMILES string of the molecule is CCN(CC(=O)NCCOC)Cc1cccc([N+](=O)[O-])c1. The number of nitro groups is 1. The number of nitro benzene ring substituents is 1. The zero-order chi connectivity index (χ0) is 15.7. The highest BCUT2D eigenvalue weighted by molar-refractivity contribution is 5.77. The molecule has 21 heavy (non-hydrogen) atoms. The Hall–Kier alpha value is -1.99. The number of likely N-dealkylation sites (N-methyl/N-ethyl adjacent to an activating group) is 1. The second-order valence-electron chi connectivity index (χ2n) is 4.57. The van der Waals surface area contributed by atoms with E-state index in [1.54, 1.807) is 13.2 Å². The minimum absolute atomic E-state index is 0.0631. The first kappa shape index (κ1) is 17.1. The predicted octanol–water partition coefficient (Wildman–Crippen LogP) is 1.18. The van der Waals surface area contributed by atoms with Crippen LogP contribution < -0.4 is 5.32 Å². The van der Waals surface area contributed by atoms with Gasteiger partial charge in [0.2, 0.25) is 5.91 Å². The van der Waals surface area contributed by atoms with E-state index in [-0.39, 0.29) is 18.1 Å². The van der Waals surface area contributed by atoms with E-state index in [1.807, 2.05) is 17.9 Å². The molecule has 0 heterocycles. The number of methoxy groups -OCH3 is 1. The van der Waals surface area contributed by atoms with E-state index in [9.17, 15) is 14.9 Å². The summed E-state index contributed by atoms with van der Waals surface area (Å²) in [6, 6.07) is 6.46. The third-order valence-electron chi connectivity index (χ3n) is 2.97. The molecular formula is C14H21N3O4. The van der Waals surface area contributed by atoms with Gasteiger partial charge in [0.05, 0.1) is 18.1 Å². The maximum Gasteiger partial charge on any atom is 0.269 e. The molecule has 0 unspecified atom stereocenters. The summed E-state index contributed by atoms with van der Waals surface area (Å²) < 4.78 is 4.86. The van der Waals surface area contributed by atoms with Crippen molar-refractivity contribution in [3.05, 3.63) is 39.9 Å². The molecule has 0 spiro atoms. The number of carbonyl (C=O) groups is 1. The fraction of sp³-hybridized carbons (Fsp3) is 0.500. The van der Waals surface area contributed by atoms with Crippen LogP contribution in [0.5, 0.6) is 0 Å². The van der Waals surface area contributed by atoms with Gasteiger partial charge in [-0.25, -0.2) is 0 Å². The summed E-state index contributed by atoms with van der Waals surface area (Å²) >= 11 is 0. The number of nitrogens with zero attached hydrogens (tertiary/aromatic N) is 2. The summed E-state index contributed by atoms with van der Waals surface area (Å²) in [5.74, 6) is -0.0840. The Morgan fingerprint density at radius 1 is 1.48 bits per heavy atom. The Balaban J connectivity index is 2.55. The van der Waals surface area contributed by atoms with Crippen LogP contribution >= 0.6 is 0 Å². The van der Waals surface area contributed by atoms with Crippen LogP contribution in [0.1, 0.15) is 12.5 Å². The Bertz CT molecular complexity index is 479. The Kier molecular flexibility index (Phi) is 7.34. The van der Waals surface area contributed by atoms with Gasteiger partial charge in [0, 0.05) is 32.3 Å². The van der Waals surface area contributed by atoms with Gasteiger partial charge in [-0.05, 0) is 12.1 Å². The average Bonchev–Trinajstić information content (AvgIpc) is 2.47. The molecule has 0 fully saturated rings. The molecule has 7 heteroatoms. The third-order valence-corrected chi connectivity index (χ3v) is 2.97. The fourth-order valence-electron chi connectivity index (χ4n) is 1.86. The van der Waals surface area contributed by atoms with Crippen LogP contribution in [0.3, 0.4) is 0 Å². The molecule has 116 valence electrons. The van der Waals surface area contributed by atoms with Crippen LogP contribution in [0, 0.1) is 10.1 Å². The lowest BCUT2D eigenvalue weighted by Crippen LogP contribution is -2.38. The highest BCUT2D eigenvalue weighted by atomic mass is 16.6. The number of nitrogens with one attached hydrogen (secondary N) is 1. The van der Waals surface area contributed by atoms with Crippen molar-refractivity contribution in [2.24, 2.45) is 0 Å².